The van der Waals surface area contributed by atoms with Gasteiger partial charge in [0.2, 0.25) is 0 Å². The van der Waals surface area contributed by atoms with Gasteiger partial charge in [-0.2, -0.15) is 0 Å². The van der Waals surface area contributed by atoms with Crippen molar-refractivity contribution in [1.82, 2.24) is 0 Å². The van der Waals surface area contributed by atoms with Crippen molar-refractivity contribution in [3.05, 3.63) is 137 Å². The second kappa shape index (κ2) is 10.6. The number of fused-ring (bicyclic) bond motifs is 6. The zero-order chi connectivity index (χ0) is 29.6. The Morgan fingerprint density at radius 3 is 2.26 bits per heavy atom. The van der Waals surface area contributed by atoms with Crippen LogP contribution >= 0.6 is 0 Å². The molecule has 1 unspecified atom stereocenters. The summed E-state index contributed by atoms with van der Waals surface area (Å²) in [5.74, 6) is 1.81. The Kier molecular flexibility index (Phi) is 6.54. The molecular weight excluding hydrogens is 536 g/mol. The molecule has 2 aliphatic heterocycles. The molecule has 1 N–H and O–H groups in total. The number of benzene rings is 5. The number of hydrogen-bond acceptors (Lipinski definition) is 6. The lowest BCUT2D eigenvalue weighted by Gasteiger charge is -2.38. The Bertz CT molecular complexity index is 1830. The number of anilines is 4. The lowest BCUT2D eigenvalue weighted by Crippen LogP contribution is -2.33. The smallest absolute Gasteiger partial charge is 0.340 e. The van der Waals surface area contributed by atoms with Crippen molar-refractivity contribution in [3.63, 3.8) is 0 Å². The third-order valence-corrected chi connectivity index (χ3v) is 8.18. The molecule has 7 rings (SSSR count). The molecular formula is C37H32N2O4. The van der Waals surface area contributed by atoms with Crippen molar-refractivity contribution in [3.8, 4) is 17.2 Å². The van der Waals surface area contributed by atoms with Crippen LogP contribution in [0.5, 0.6) is 17.2 Å². The first-order chi connectivity index (χ1) is 21.0. The second-order valence-electron chi connectivity index (χ2n) is 10.7. The predicted octanol–water partition coefficient (Wildman–Crippen LogP) is 8.86. The van der Waals surface area contributed by atoms with Crippen LogP contribution in [0.4, 0.5) is 22.7 Å². The molecule has 0 saturated carbocycles. The second-order valence-corrected chi connectivity index (χ2v) is 10.7. The highest BCUT2D eigenvalue weighted by molar-refractivity contribution is 5.97. The van der Waals surface area contributed by atoms with Crippen molar-refractivity contribution in [2.24, 2.45) is 0 Å². The lowest BCUT2D eigenvalue weighted by atomic mass is 9.77. The van der Waals surface area contributed by atoms with E-state index in [1.807, 2.05) is 98.8 Å². The summed E-state index contributed by atoms with van der Waals surface area (Å²) < 4.78 is 18.7. The minimum absolute atomic E-state index is 0.346. The van der Waals surface area contributed by atoms with E-state index in [4.69, 9.17) is 14.2 Å². The van der Waals surface area contributed by atoms with E-state index in [9.17, 15) is 4.79 Å². The molecule has 214 valence electrons. The summed E-state index contributed by atoms with van der Waals surface area (Å²) in [6, 6.07) is 36.0. The fourth-order valence-electron chi connectivity index (χ4n) is 6.19. The van der Waals surface area contributed by atoms with Gasteiger partial charge < -0.3 is 24.4 Å². The molecule has 5 aromatic rings. The van der Waals surface area contributed by atoms with Crippen molar-refractivity contribution in [2.45, 2.75) is 26.4 Å². The summed E-state index contributed by atoms with van der Waals surface area (Å²) in [4.78, 5) is 15.6. The minimum Gasteiger partial charge on any atom is -0.494 e. The summed E-state index contributed by atoms with van der Waals surface area (Å²) in [6.45, 7) is 7.52. The maximum Gasteiger partial charge on any atom is 0.340 e. The molecule has 2 heterocycles. The molecule has 0 saturated heterocycles. The molecule has 0 aliphatic carbocycles. The minimum atomic E-state index is -1.15. The van der Waals surface area contributed by atoms with Gasteiger partial charge in [-0.25, -0.2) is 4.79 Å². The largest absolute Gasteiger partial charge is 0.494 e. The van der Waals surface area contributed by atoms with E-state index in [-0.39, 0.29) is 5.97 Å². The summed E-state index contributed by atoms with van der Waals surface area (Å²) in [6.07, 6.45) is 0. The average molecular weight is 569 g/mol. The van der Waals surface area contributed by atoms with Crippen LogP contribution in [-0.4, -0.2) is 19.1 Å². The number of hydrogen-bond donors (Lipinski definition) is 1. The van der Waals surface area contributed by atoms with Crippen LogP contribution in [-0.2, 0) is 10.3 Å². The van der Waals surface area contributed by atoms with E-state index in [0.29, 0.717) is 23.7 Å². The summed E-state index contributed by atoms with van der Waals surface area (Å²) >= 11 is 0. The van der Waals surface area contributed by atoms with E-state index >= 15 is 0 Å². The van der Waals surface area contributed by atoms with Crippen molar-refractivity contribution >= 4 is 28.7 Å². The highest BCUT2D eigenvalue weighted by Crippen LogP contribution is 2.57. The number of rotatable bonds is 7. The van der Waals surface area contributed by atoms with E-state index in [1.54, 1.807) is 0 Å². The summed E-state index contributed by atoms with van der Waals surface area (Å²) in [7, 11) is 0. The number of carbonyl (C=O) groups is 1. The molecule has 0 amide bonds. The van der Waals surface area contributed by atoms with Crippen molar-refractivity contribution < 1.29 is 19.0 Å². The first-order valence-corrected chi connectivity index (χ1v) is 14.6. The Morgan fingerprint density at radius 1 is 0.767 bits per heavy atom. The number of para-hydroxylation sites is 1. The standard InChI is InChI=1S/C37H32N2O4/c1-4-39(26-15-18-28(19-16-26)41-5-2)27-17-20-31-35(22-27)42-34-21-24(3)33(38-25-11-7-6-8-12-25)23-32(34)37(31)30-14-10-9-13-29(30)36(40)43-37/h6-23,38H,4-5H2,1-3H3. The van der Waals surface area contributed by atoms with E-state index in [0.717, 1.165) is 57.3 Å². The van der Waals surface area contributed by atoms with E-state index < -0.39 is 5.60 Å². The summed E-state index contributed by atoms with van der Waals surface area (Å²) in [5, 5.41) is 3.54. The van der Waals surface area contributed by atoms with E-state index in [1.165, 1.54) is 0 Å². The van der Waals surface area contributed by atoms with Crippen LogP contribution in [0.2, 0.25) is 0 Å². The topological polar surface area (TPSA) is 60.0 Å². The molecule has 0 radical (unpaired) electrons. The van der Waals surface area contributed by atoms with Crippen molar-refractivity contribution in [2.75, 3.05) is 23.4 Å². The Morgan fingerprint density at radius 2 is 1.49 bits per heavy atom. The third-order valence-electron chi connectivity index (χ3n) is 8.18. The number of carbonyl (C=O) groups excluding carboxylic acids is 1. The number of nitrogens with zero attached hydrogens (tertiary/aromatic N) is 1. The Balaban J connectivity index is 1.37. The zero-order valence-corrected chi connectivity index (χ0v) is 24.4. The average Bonchev–Trinajstić information content (AvgIpc) is 3.32. The molecule has 0 bridgehead atoms. The highest BCUT2D eigenvalue weighted by atomic mass is 16.6. The monoisotopic (exact) mass is 568 g/mol. The van der Waals surface area contributed by atoms with Gasteiger partial charge in [0.25, 0.3) is 0 Å². The summed E-state index contributed by atoms with van der Waals surface area (Å²) in [5.41, 5.74) is 6.72. The predicted molar refractivity (Wildman–Crippen MR) is 169 cm³/mol. The maximum atomic E-state index is 13.4. The quantitative estimate of drug-likeness (QED) is 0.198. The van der Waals surface area contributed by atoms with Gasteiger partial charge in [-0.1, -0.05) is 36.4 Å². The highest BCUT2D eigenvalue weighted by Gasteiger charge is 2.53. The molecule has 6 nitrogen and oxygen atoms in total. The van der Waals surface area contributed by atoms with Gasteiger partial charge in [-0.15, -0.1) is 0 Å². The Labute approximate surface area is 251 Å². The SMILES string of the molecule is CCOc1ccc(N(CC)c2ccc3c(c2)Oc2cc(C)c(Nc4ccccc4)cc2C32OC(=O)c3ccccc32)cc1. The number of ether oxygens (including phenoxy) is 3. The molecule has 1 atom stereocenters. The number of aryl methyl sites for hydroxylation is 1. The first-order valence-electron chi connectivity index (χ1n) is 14.6. The molecule has 0 aromatic heterocycles. The number of esters is 1. The molecule has 5 aromatic carbocycles. The van der Waals surface area contributed by atoms with Gasteiger partial charge in [-0.3, -0.25) is 0 Å². The molecule has 1 spiro atoms. The molecule has 43 heavy (non-hydrogen) atoms. The van der Waals surface area contributed by atoms with Crippen LogP contribution < -0.4 is 19.7 Å². The van der Waals surface area contributed by atoms with Crippen molar-refractivity contribution in [1.29, 1.82) is 0 Å². The molecule has 2 aliphatic rings. The van der Waals surface area contributed by atoms with Crippen LogP contribution in [0.1, 0.15) is 46.5 Å². The van der Waals surface area contributed by atoms with Gasteiger partial charge in [0.15, 0.2) is 5.60 Å². The van der Waals surface area contributed by atoms with Gasteiger partial charge in [0, 0.05) is 52.1 Å². The first kappa shape index (κ1) is 26.7. The van der Waals surface area contributed by atoms with Crippen LogP contribution in [0, 0.1) is 6.92 Å². The third kappa shape index (κ3) is 4.38. The lowest BCUT2D eigenvalue weighted by molar-refractivity contribution is 0.0224. The van der Waals surface area contributed by atoms with Gasteiger partial charge in [-0.05, 0) is 93.1 Å². The fraction of sp³-hybridized carbons (Fsp3) is 0.162. The fourth-order valence-corrected chi connectivity index (χ4v) is 6.19. The van der Waals surface area contributed by atoms with Crippen LogP contribution in [0.15, 0.2) is 109 Å². The maximum absolute atomic E-state index is 13.4. The van der Waals surface area contributed by atoms with Gasteiger partial charge in [0.05, 0.1) is 12.2 Å². The zero-order valence-electron chi connectivity index (χ0n) is 24.4. The Hall–Kier alpha value is -5.23. The molecule has 0 fully saturated rings. The normalized spacial score (nSPS) is 16.0. The van der Waals surface area contributed by atoms with Crippen LogP contribution in [0.25, 0.3) is 0 Å². The van der Waals surface area contributed by atoms with E-state index in [2.05, 4.69) is 41.4 Å². The van der Waals surface area contributed by atoms with Gasteiger partial charge >= 0.3 is 5.97 Å². The van der Waals surface area contributed by atoms with Gasteiger partial charge in [0.1, 0.15) is 17.2 Å². The molecule has 6 heteroatoms. The number of nitrogens with one attached hydrogen (secondary N) is 1. The van der Waals surface area contributed by atoms with Crippen LogP contribution in [0.3, 0.4) is 0 Å².